The van der Waals surface area contributed by atoms with Crippen LogP contribution in [0.2, 0.25) is 0 Å². The van der Waals surface area contributed by atoms with Crippen molar-refractivity contribution in [2.75, 3.05) is 26.2 Å². The summed E-state index contributed by atoms with van der Waals surface area (Å²) in [6, 6.07) is 0.679. The average molecular weight is 295 g/mol. The first-order valence-electron chi connectivity index (χ1n) is 9.00. The summed E-state index contributed by atoms with van der Waals surface area (Å²) in [5.41, 5.74) is 0. The molecule has 4 heteroatoms. The molecular weight excluding hydrogens is 262 g/mol. The third-order valence-corrected chi connectivity index (χ3v) is 5.27. The normalized spacial score (nSPS) is 28.6. The first-order chi connectivity index (χ1) is 10.2. The molecule has 21 heavy (non-hydrogen) atoms. The van der Waals surface area contributed by atoms with Gasteiger partial charge in [0.1, 0.15) is 0 Å². The van der Waals surface area contributed by atoms with Gasteiger partial charge in [0, 0.05) is 12.6 Å². The predicted molar refractivity (Wildman–Crippen MR) is 87.3 cm³/mol. The Morgan fingerprint density at radius 1 is 1.19 bits per heavy atom. The van der Waals surface area contributed by atoms with Gasteiger partial charge in [0.15, 0.2) is 0 Å². The minimum atomic E-state index is 0.0703. The third-order valence-electron chi connectivity index (χ3n) is 5.27. The lowest BCUT2D eigenvalue weighted by Gasteiger charge is -2.24. The summed E-state index contributed by atoms with van der Waals surface area (Å²) in [6.45, 7) is 8.63. The van der Waals surface area contributed by atoms with E-state index < -0.39 is 0 Å². The number of nitrogens with zero attached hydrogens (tertiary/aromatic N) is 1. The van der Waals surface area contributed by atoms with Crippen LogP contribution in [0.15, 0.2) is 0 Å². The number of hydrogen-bond donors (Lipinski definition) is 2. The van der Waals surface area contributed by atoms with Gasteiger partial charge in [0.2, 0.25) is 5.91 Å². The van der Waals surface area contributed by atoms with Crippen molar-refractivity contribution in [3.8, 4) is 0 Å². The second-order valence-electron chi connectivity index (χ2n) is 6.63. The summed E-state index contributed by atoms with van der Waals surface area (Å²) in [5, 5.41) is 6.67. The van der Waals surface area contributed by atoms with Crippen LogP contribution in [0.1, 0.15) is 58.8 Å². The van der Waals surface area contributed by atoms with Crippen LogP contribution >= 0.6 is 0 Å². The largest absolute Gasteiger partial charge is 0.355 e. The molecule has 2 N–H and O–H groups in total. The van der Waals surface area contributed by atoms with E-state index in [1.54, 1.807) is 0 Å². The number of nitrogens with one attached hydrogen (secondary N) is 2. The number of hydrogen-bond acceptors (Lipinski definition) is 3. The van der Waals surface area contributed by atoms with Gasteiger partial charge in [0.25, 0.3) is 0 Å². The van der Waals surface area contributed by atoms with Crippen LogP contribution in [0, 0.1) is 5.92 Å². The monoisotopic (exact) mass is 295 g/mol. The maximum atomic E-state index is 12.2. The standard InChI is InChI=1S/C17H33N3O/c1-3-20(4-2)12-8-7-11-18-17(21)16-13-14-9-5-6-10-15(14)19-16/h14-16,19H,3-13H2,1-2H3,(H,18,21). The predicted octanol–water partition coefficient (Wildman–Crippen LogP) is 2.15. The van der Waals surface area contributed by atoms with E-state index in [0.29, 0.717) is 6.04 Å². The van der Waals surface area contributed by atoms with Gasteiger partial charge in [-0.3, -0.25) is 4.79 Å². The Hall–Kier alpha value is -0.610. The number of fused-ring (bicyclic) bond motifs is 1. The van der Waals surface area contributed by atoms with E-state index in [1.807, 2.05) is 0 Å². The molecule has 0 aromatic rings. The van der Waals surface area contributed by atoms with Crippen molar-refractivity contribution < 1.29 is 4.79 Å². The van der Waals surface area contributed by atoms with E-state index in [9.17, 15) is 4.79 Å². The molecule has 2 fully saturated rings. The van der Waals surface area contributed by atoms with Crippen LogP contribution in [0.4, 0.5) is 0 Å². The molecular formula is C17H33N3O. The molecule has 2 aliphatic rings. The van der Waals surface area contributed by atoms with Crippen molar-refractivity contribution in [3.05, 3.63) is 0 Å². The Morgan fingerprint density at radius 2 is 1.95 bits per heavy atom. The van der Waals surface area contributed by atoms with Crippen molar-refractivity contribution in [1.29, 1.82) is 0 Å². The zero-order valence-electron chi connectivity index (χ0n) is 13.9. The molecule has 0 radical (unpaired) electrons. The SMILES string of the molecule is CCN(CC)CCCCNC(=O)C1CC2CCCCC2N1. The minimum absolute atomic E-state index is 0.0703. The molecule has 0 spiro atoms. The van der Waals surface area contributed by atoms with Crippen LogP contribution in [0.3, 0.4) is 0 Å². The van der Waals surface area contributed by atoms with E-state index >= 15 is 0 Å². The van der Waals surface area contributed by atoms with Crippen molar-refractivity contribution in [3.63, 3.8) is 0 Å². The van der Waals surface area contributed by atoms with E-state index in [1.165, 1.54) is 32.1 Å². The highest BCUT2D eigenvalue weighted by molar-refractivity contribution is 5.82. The Bertz CT molecular complexity index is 303. The number of unbranched alkanes of at least 4 members (excludes halogenated alkanes) is 1. The summed E-state index contributed by atoms with van der Waals surface area (Å²) < 4.78 is 0. The molecule has 0 aromatic carbocycles. The number of amides is 1. The summed E-state index contributed by atoms with van der Waals surface area (Å²) >= 11 is 0. The highest BCUT2D eigenvalue weighted by Crippen LogP contribution is 2.33. The first-order valence-corrected chi connectivity index (χ1v) is 9.00. The summed E-state index contributed by atoms with van der Waals surface area (Å²) in [7, 11) is 0. The van der Waals surface area contributed by atoms with Crippen LogP contribution in [-0.2, 0) is 4.79 Å². The van der Waals surface area contributed by atoms with E-state index in [0.717, 1.165) is 44.9 Å². The maximum absolute atomic E-state index is 12.2. The number of carbonyl (C=O) groups excluding carboxylic acids is 1. The lowest BCUT2D eigenvalue weighted by atomic mass is 9.85. The van der Waals surface area contributed by atoms with Crippen LogP contribution in [-0.4, -0.2) is 49.1 Å². The van der Waals surface area contributed by atoms with Gasteiger partial charge < -0.3 is 15.5 Å². The fraction of sp³-hybridized carbons (Fsp3) is 0.941. The molecule has 2 rings (SSSR count). The van der Waals surface area contributed by atoms with Gasteiger partial charge in [-0.05, 0) is 57.7 Å². The fourth-order valence-electron chi connectivity index (χ4n) is 3.86. The Kier molecular flexibility index (Phi) is 6.97. The smallest absolute Gasteiger partial charge is 0.237 e. The van der Waals surface area contributed by atoms with Crippen LogP contribution in [0.25, 0.3) is 0 Å². The molecule has 3 atom stereocenters. The minimum Gasteiger partial charge on any atom is -0.355 e. The van der Waals surface area contributed by atoms with Gasteiger partial charge in [-0.25, -0.2) is 0 Å². The second kappa shape index (κ2) is 8.74. The first kappa shape index (κ1) is 16.8. The molecule has 122 valence electrons. The van der Waals surface area contributed by atoms with Gasteiger partial charge in [-0.1, -0.05) is 26.7 Å². The van der Waals surface area contributed by atoms with Gasteiger partial charge in [0.05, 0.1) is 6.04 Å². The molecule has 0 aromatic heterocycles. The van der Waals surface area contributed by atoms with Crippen molar-refractivity contribution in [1.82, 2.24) is 15.5 Å². The Balaban J connectivity index is 1.57. The van der Waals surface area contributed by atoms with Crippen molar-refractivity contribution in [2.24, 2.45) is 5.92 Å². The molecule has 0 bridgehead atoms. The van der Waals surface area contributed by atoms with Crippen LogP contribution < -0.4 is 10.6 Å². The highest BCUT2D eigenvalue weighted by atomic mass is 16.2. The molecule has 1 aliphatic carbocycles. The van der Waals surface area contributed by atoms with Crippen molar-refractivity contribution in [2.45, 2.75) is 70.9 Å². The fourth-order valence-corrected chi connectivity index (χ4v) is 3.86. The third kappa shape index (κ3) is 4.96. The summed E-state index contributed by atoms with van der Waals surface area (Å²) in [5.74, 6) is 0.976. The molecule has 1 aliphatic heterocycles. The lowest BCUT2D eigenvalue weighted by Crippen LogP contribution is -2.43. The Morgan fingerprint density at radius 3 is 2.67 bits per heavy atom. The average Bonchev–Trinajstić information content (AvgIpc) is 2.95. The quantitative estimate of drug-likeness (QED) is 0.674. The number of carbonyl (C=O) groups is 1. The maximum Gasteiger partial charge on any atom is 0.237 e. The van der Waals surface area contributed by atoms with E-state index in [4.69, 9.17) is 0 Å². The van der Waals surface area contributed by atoms with Gasteiger partial charge in [-0.2, -0.15) is 0 Å². The molecule has 1 saturated heterocycles. The Labute approximate surface area is 130 Å². The zero-order chi connectivity index (χ0) is 15.1. The van der Waals surface area contributed by atoms with Crippen molar-refractivity contribution >= 4 is 5.91 Å². The van der Waals surface area contributed by atoms with E-state index in [-0.39, 0.29) is 11.9 Å². The zero-order valence-corrected chi connectivity index (χ0v) is 13.9. The summed E-state index contributed by atoms with van der Waals surface area (Å²) in [4.78, 5) is 14.6. The molecule has 1 heterocycles. The topological polar surface area (TPSA) is 44.4 Å². The molecule has 3 unspecified atom stereocenters. The molecule has 1 saturated carbocycles. The molecule has 4 nitrogen and oxygen atoms in total. The summed E-state index contributed by atoms with van der Waals surface area (Å²) in [6.07, 6.45) is 8.56. The van der Waals surface area contributed by atoms with E-state index in [2.05, 4.69) is 29.4 Å². The highest BCUT2D eigenvalue weighted by Gasteiger charge is 2.37. The van der Waals surface area contributed by atoms with Gasteiger partial charge >= 0.3 is 0 Å². The van der Waals surface area contributed by atoms with Gasteiger partial charge in [-0.15, -0.1) is 0 Å². The second-order valence-corrected chi connectivity index (χ2v) is 6.63. The molecule has 1 amide bonds. The van der Waals surface area contributed by atoms with Crippen LogP contribution in [0.5, 0.6) is 0 Å². The lowest BCUT2D eigenvalue weighted by molar-refractivity contribution is -0.122. The number of rotatable bonds is 8.